The fourth-order valence-corrected chi connectivity index (χ4v) is 1.62. The van der Waals surface area contributed by atoms with Crippen LogP contribution >= 0.6 is 0 Å². The third-order valence-corrected chi connectivity index (χ3v) is 2.58. The van der Waals surface area contributed by atoms with Crippen molar-refractivity contribution in [2.45, 2.75) is 0 Å². The van der Waals surface area contributed by atoms with Crippen LogP contribution in [0.1, 0.15) is 10.4 Å². The van der Waals surface area contributed by atoms with Crippen molar-refractivity contribution in [1.29, 1.82) is 0 Å². The lowest BCUT2D eigenvalue weighted by atomic mass is 10.2. The molecule has 0 aliphatic carbocycles. The molecular weight excluding hydrogens is 232 g/mol. The maximum Gasteiger partial charge on any atom is 0.335 e. The number of nitrogens with zero attached hydrogens (tertiary/aromatic N) is 2. The average Bonchev–Trinajstić information content (AvgIpc) is 2.69. The zero-order valence-electron chi connectivity index (χ0n) is 10.4. The van der Waals surface area contributed by atoms with Crippen molar-refractivity contribution in [1.82, 2.24) is 14.9 Å². The van der Waals surface area contributed by atoms with Gasteiger partial charge in [0.15, 0.2) is 0 Å². The van der Waals surface area contributed by atoms with Crippen molar-refractivity contribution in [3.8, 4) is 0 Å². The standard InChI is InChI=1S/C12H16N4O2/c1-16(2)6-5-13-12-14-9-4-3-8(11(17)18)7-10(9)15-12/h3-4,7H,5-6H2,1-2H3,(H,17,18)(H2,13,14,15). The summed E-state index contributed by atoms with van der Waals surface area (Å²) in [6.07, 6.45) is 0. The van der Waals surface area contributed by atoms with Crippen LogP contribution in [0.2, 0.25) is 0 Å². The van der Waals surface area contributed by atoms with Crippen LogP contribution in [0.5, 0.6) is 0 Å². The van der Waals surface area contributed by atoms with E-state index >= 15 is 0 Å². The molecule has 96 valence electrons. The molecule has 0 aliphatic heterocycles. The van der Waals surface area contributed by atoms with Gasteiger partial charge in [0, 0.05) is 13.1 Å². The van der Waals surface area contributed by atoms with Crippen LogP contribution in [0.25, 0.3) is 11.0 Å². The van der Waals surface area contributed by atoms with Gasteiger partial charge in [0.25, 0.3) is 0 Å². The van der Waals surface area contributed by atoms with Gasteiger partial charge in [-0.2, -0.15) is 0 Å². The predicted octanol–water partition coefficient (Wildman–Crippen LogP) is 1.23. The zero-order chi connectivity index (χ0) is 13.1. The molecule has 0 saturated carbocycles. The molecule has 0 bridgehead atoms. The molecular formula is C12H16N4O2. The van der Waals surface area contributed by atoms with E-state index in [1.807, 2.05) is 14.1 Å². The Kier molecular flexibility index (Phi) is 3.47. The van der Waals surface area contributed by atoms with Gasteiger partial charge in [0.1, 0.15) is 0 Å². The smallest absolute Gasteiger partial charge is 0.335 e. The molecule has 0 saturated heterocycles. The Bertz CT molecular complexity index is 562. The van der Waals surface area contributed by atoms with Gasteiger partial charge in [-0.3, -0.25) is 0 Å². The number of likely N-dealkylation sites (N-methyl/N-ethyl adjacent to an activating group) is 1. The highest BCUT2D eigenvalue weighted by atomic mass is 16.4. The number of aromatic carboxylic acids is 1. The number of H-pyrrole nitrogens is 1. The van der Waals surface area contributed by atoms with E-state index in [0.717, 1.165) is 24.1 Å². The van der Waals surface area contributed by atoms with Gasteiger partial charge >= 0.3 is 5.97 Å². The van der Waals surface area contributed by atoms with Gasteiger partial charge in [0.05, 0.1) is 16.6 Å². The zero-order valence-corrected chi connectivity index (χ0v) is 10.4. The second-order valence-corrected chi connectivity index (χ2v) is 4.35. The molecule has 0 aliphatic rings. The molecule has 1 aromatic carbocycles. The first-order valence-corrected chi connectivity index (χ1v) is 5.68. The van der Waals surface area contributed by atoms with Crippen LogP contribution < -0.4 is 5.32 Å². The maximum atomic E-state index is 10.8. The number of hydrogen-bond donors (Lipinski definition) is 3. The SMILES string of the molecule is CN(C)CCNc1nc2ccc(C(=O)O)cc2[nH]1. The van der Waals surface area contributed by atoms with E-state index in [0.29, 0.717) is 5.95 Å². The summed E-state index contributed by atoms with van der Waals surface area (Å²) in [5.41, 5.74) is 1.74. The Labute approximate surface area is 105 Å². The van der Waals surface area contributed by atoms with Gasteiger partial charge in [0.2, 0.25) is 5.95 Å². The minimum atomic E-state index is -0.936. The van der Waals surface area contributed by atoms with Gasteiger partial charge in [-0.1, -0.05) is 0 Å². The number of hydrogen-bond acceptors (Lipinski definition) is 4. The van der Waals surface area contributed by atoms with E-state index in [4.69, 9.17) is 5.11 Å². The Balaban J connectivity index is 2.14. The molecule has 0 radical (unpaired) electrons. The first kappa shape index (κ1) is 12.4. The molecule has 6 nitrogen and oxygen atoms in total. The van der Waals surface area contributed by atoms with Crippen molar-refractivity contribution < 1.29 is 9.90 Å². The molecule has 2 aromatic rings. The number of imidazole rings is 1. The summed E-state index contributed by atoms with van der Waals surface area (Å²) < 4.78 is 0. The first-order valence-electron chi connectivity index (χ1n) is 5.68. The van der Waals surface area contributed by atoms with Crippen molar-refractivity contribution >= 4 is 23.0 Å². The van der Waals surface area contributed by atoms with Crippen LogP contribution in [0, 0.1) is 0 Å². The molecule has 2 rings (SSSR count). The van der Waals surface area contributed by atoms with Crippen LogP contribution in [0.15, 0.2) is 18.2 Å². The maximum absolute atomic E-state index is 10.8. The Morgan fingerprint density at radius 1 is 1.50 bits per heavy atom. The second-order valence-electron chi connectivity index (χ2n) is 4.35. The number of carbonyl (C=O) groups is 1. The van der Waals surface area contributed by atoms with Crippen molar-refractivity contribution in [2.75, 3.05) is 32.5 Å². The van der Waals surface area contributed by atoms with Gasteiger partial charge in [-0.05, 0) is 32.3 Å². The topological polar surface area (TPSA) is 81.2 Å². The summed E-state index contributed by atoms with van der Waals surface area (Å²) in [5.74, 6) is -0.275. The number of aromatic nitrogens is 2. The summed E-state index contributed by atoms with van der Waals surface area (Å²) in [7, 11) is 4.00. The summed E-state index contributed by atoms with van der Waals surface area (Å²) in [6, 6.07) is 4.84. The van der Waals surface area contributed by atoms with E-state index in [2.05, 4.69) is 20.2 Å². The Morgan fingerprint density at radius 2 is 2.28 bits per heavy atom. The van der Waals surface area contributed by atoms with Gasteiger partial charge in [-0.15, -0.1) is 0 Å². The van der Waals surface area contributed by atoms with Crippen molar-refractivity contribution in [3.05, 3.63) is 23.8 Å². The number of nitrogens with one attached hydrogen (secondary N) is 2. The lowest BCUT2D eigenvalue weighted by Gasteiger charge is -2.08. The van der Waals surface area contributed by atoms with E-state index in [1.54, 1.807) is 18.2 Å². The first-order chi connectivity index (χ1) is 8.56. The normalized spacial score (nSPS) is 11.1. The molecule has 3 N–H and O–H groups in total. The quantitative estimate of drug-likeness (QED) is 0.741. The van der Waals surface area contributed by atoms with Crippen molar-refractivity contribution in [2.24, 2.45) is 0 Å². The van der Waals surface area contributed by atoms with E-state index in [1.165, 1.54) is 0 Å². The molecule has 1 aromatic heterocycles. The number of carboxylic acids is 1. The largest absolute Gasteiger partial charge is 0.478 e. The third-order valence-electron chi connectivity index (χ3n) is 2.58. The monoisotopic (exact) mass is 248 g/mol. The van der Waals surface area contributed by atoms with E-state index in [9.17, 15) is 4.79 Å². The molecule has 1 heterocycles. The van der Waals surface area contributed by atoms with Crippen LogP contribution in [0.4, 0.5) is 5.95 Å². The lowest BCUT2D eigenvalue weighted by Crippen LogP contribution is -2.21. The van der Waals surface area contributed by atoms with Crippen LogP contribution in [-0.2, 0) is 0 Å². The van der Waals surface area contributed by atoms with Crippen LogP contribution in [0.3, 0.4) is 0 Å². The summed E-state index contributed by atoms with van der Waals surface area (Å²) in [4.78, 5) is 20.3. The summed E-state index contributed by atoms with van der Waals surface area (Å²) in [5, 5.41) is 12.1. The highest BCUT2D eigenvalue weighted by molar-refractivity contribution is 5.92. The molecule has 0 amide bonds. The number of fused-ring (bicyclic) bond motifs is 1. The molecule has 0 atom stereocenters. The van der Waals surface area contributed by atoms with E-state index < -0.39 is 5.97 Å². The number of carboxylic acid groups (broad SMARTS) is 1. The number of rotatable bonds is 5. The molecule has 0 spiro atoms. The summed E-state index contributed by atoms with van der Waals surface area (Å²) >= 11 is 0. The summed E-state index contributed by atoms with van der Waals surface area (Å²) in [6.45, 7) is 1.68. The van der Waals surface area contributed by atoms with E-state index in [-0.39, 0.29) is 5.56 Å². The van der Waals surface area contributed by atoms with Gasteiger partial charge in [-0.25, -0.2) is 9.78 Å². The molecule has 18 heavy (non-hydrogen) atoms. The highest BCUT2D eigenvalue weighted by Gasteiger charge is 2.07. The molecule has 0 unspecified atom stereocenters. The second kappa shape index (κ2) is 5.05. The van der Waals surface area contributed by atoms with Gasteiger partial charge < -0.3 is 20.3 Å². The predicted molar refractivity (Wildman–Crippen MR) is 70.1 cm³/mol. The molecule has 0 fully saturated rings. The number of benzene rings is 1. The minimum Gasteiger partial charge on any atom is -0.478 e. The Morgan fingerprint density at radius 3 is 2.94 bits per heavy atom. The lowest BCUT2D eigenvalue weighted by molar-refractivity contribution is 0.0697. The fourth-order valence-electron chi connectivity index (χ4n) is 1.62. The highest BCUT2D eigenvalue weighted by Crippen LogP contribution is 2.16. The average molecular weight is 248 g/mol. The number of aromatic amines is 1. The molecule has 6 heteroatoms. The third kappa shape index (κ3) is 2.78. The Hall–Kier alpha value is -2.08. The fraction of sp³-hybridized carbons (Fsp3) is 0.333. The van der Waals surface area contributed by atoms with Crippen molar-refractivity contribution in [3.63, 3.8) is 0 Å². The minimum absolute atomic E-state index is 0.256. The number of anilines is 1. The van der Waals surface area contributed by atoms with Crippen LogP contribution in [-0.4, -0.2) is 53.1 Å².